The molecule has 0 bridgehead atoms. The Labute approximate surface area is 173 Å². The molecule has 150 valence electrons. The standard InChI is InChI=1S/C25H23N3O2/c1-4-22(28(2)3)15-9-7-11-19-23(15)25(30)17-13-20-16(12-21(17)27-19)24(29)14-8-5-6-10-18(14)26-20/h5-13,22H,4H2,1-3H3,(H,26,29)(H,27,30). The number of hydrogen-bond donors (Lipinski definition) is 2. The Morgan fingerprint density at radius 1 is 0.767 bits per heavy atom. The summed E-state index contributed by atoms with van der Waals surface area (Å²) >= 11 is 0. The fraction of sp³-hybridized carbons (Fsp3) is 0.200. The van der Waals surface area contributed by atoms with Crippen LogP contribution in [0.5, 0.6) is 0 Å². The van der Waals surface area contributed by atoms with Crippen molar-refractivity contribution in [3.63, 3.8) is 0 Å². The van der Waals surface area contributed by atoms with E-state index in [0.29, 0.717) is 32.6 Å². The van der Waals surface area contributed by atoms with Crippen molar-refractivity contribution in [2.75, 3.05) is 14.1 Å². The molecule has 2 N–H and O–H groups in total. The SMILES string of the molecule is CCC(c1cccc2[nH]c3cc4c(=O)c5ccccc5[nH]c4cc3c(=O)c12)N(C)C. The summed E-state index contributed by atoms with van der Waals surface area (Å²) in [5.41, 5.74) is 3.90. The number of para-hydroxylation sites is 1. The summed E-state index contributed by atoms with van der Waals surface area (Å²) in [5.74, 6) is 0. The highest BCUT2D eigenvalue weighted by Crippen LogP contribution is 2.29. The van der Waals surface area contributed by atoms with Gasteiger partial charge in [-0.2, -0.15) is 0 Å². The van der Waals surface area contributed by atoms with E-state index in [4.69, 9.17) is 0 Å². The smallest absolute Gasteiger partial charge is 0.197 e. The molecule has 30 heavy (non-hydrogen) atoms. The number of H-pyrrole nitrogens is 2. The molecule has 0 radical (unpaired) electrons. The average molecular weight is 397 g/mol. The molecule has 2 aromatic heterocycles. The molecule has 0 spiro atoms. The lowest BCUT2D eigenvalue weighted by Crippen LogP contribution is -2.21. The minimum absolute atomic E-state index is 0.00874. The number of benzene rings is 3. The number of pyridine rings is 2. The second kappa shape index (κ2) is 6.82. The molecule has 5 rings (SSSR count). The maximum Gasteiger partial charge on any atom is 0.197 e. The van der Waals surface area contributed by atoms with Crippen LogP contribution in [-0.2, 0) is 0 Å². The van der Waals surface area contributed by atoms with Crippen molar-refractivity contribution in [1.82, 2.24) is 14.9 Å². The molecule has 0 saturated heterocycles. The van der Waals surface area contributed by atoms with Gasteiger partial charge in [-0.3, -0.25) is 9.59 Å². The van der Waals surface area contributed by atoms with Gasteiger partial charge in [0, 0.05) is 27.7 Å². The van der Waals surface area contributed by atoms with E-state index in [2.05, 4.69) is 21.8 Å². The maximum atomic E-state index is 13.6. The van der Waals surface area contributed by atoms with Crippen molar-refractivity contribution in [2.45, 2.75) is 19.4 Å². The number of fused-ring (bicyclic) bond motifs is 4. The van der Waals surface area contributed by atoms with Gasteiger partial charge < -0.3 is 14.9 Å². The lowest BCUT2D eigenvalue weighted by atomic mass is 9.96. The van der Waals surface area contributed by atoms with E-state index in [1.165, 1.54) is 0 Å². The van der Waals surface area contributed by atoms with Crippen LogP contribution in [0.4, 0.5) is 0 Å². The van der Waals surface area contributed by atoms with Gasteiger partial charge in [-0.05, 0) is 56.4 Å². The van der Waals surface area contributed by atoms with Crippen LogP contribution in [0, 0.1) is 0 Å². The Morgan fingerprint density at radius 2 is 1.40 bits per heavy atom. The summed E-state index contributed by atoms with van der Waals surface area (Å²) in [5, 5.41) is 2.52. The van der Waals surface area contributed by atoms with Gasteiger partial charge in [0.05, 0.1) is 21.9 Å². The average Bonchev–Trinajstić information content (AvgIpc) is 2.74. The van der Waals surface area contributed by atoms with Gasteiger partial charge in [-0.25, -0.2) is 0 Å². The molecule has 0 amide bonds. The minimum Gasteiger partial charge on any atom is -0.354 e. The zero-order valence-corrected chi connectivity index (χ0v) is 17.2. The molecule has 5 aromatic rings. The fourth-order valence-electron chi connectivity index (χ4n) is 4.61. The quantitative estimate of drug-likeness (QED) is 0.434. The third-order valence-corrected chi connectivity index (χ3v) is 6.05. The Balaban J connectivity index is 1.92. The molecule has 5 nitrogen and oxygen atoms in total. The highest BCUT2D eigenvalue weighted by molar-refractivity contribution is 6.03. The van der Waals surface area contributed by atoms with E-state index in [-0.39, 0.29) is 16.9 Å². The second-order valence-electron chi connectivity index (χ2n) is 8.05. The Bertz CT molecular complexity index is 1560. The molecule has 0 saturated carbocycles. The molecule has 5 heteroatoms. The van der Waals surface area contributed by atoms with Gasteiger partial charge in [0.2, 0.25) is 0 Å². The summed E-state index contributed by atoms with van der Waals surface area (Å²) < 4.78 is 0. The van der Waals surface area contributed by atoms with Gasteiger partial charge in [-0.15, -0.1) is 0 Å². The molecule has 3 aromatic carbocycles. The third-order valence-electron chi connectivity index (χ3n) is 6.05. The molecule has 0 aliphatic rings. The number of aromatic amines is 2. The topological polar surface area (TPSA) is 69.0 Å². The minimum atomic E-state index is -0.0328. The highest BCUT2D eigenvalue weighted by atomic mass is 16.1. The van der Waals surface area contributed by atoms with Crippen LogP contribution in [0.1, 0.15) is 24.9 Å². The van der Waals surface area contributed by atoms with E-state index < -0.39 is 0 Å². The summed E-state index contributed by atoms with van der Waals surface area (Å²) in [4.78, 5) is 35.5. The Hall–Kier alpha value is -3.44. The number of aromatic nitrogens is 2. The monoisotopic (exact) mass is 397 g/mol. The second-order valence-corrected chi connectivity index (χ2v) is 8.05. The molecule has 0 aliphatic carbocycles. The van der Waals surface area contributed by atoms with Crippen LogP contribution in [0.15, 0.2) is 64.2 Å². The lowest BCUT2D eigenvalue weighted by molar-refractivity contribution is 0.293. The van der Waals surface area contributed by atoms with Crippen LogP contribution in [0.3, 0.4) is 0 Å². The Morgan fingerprint density at radius 3 is 2.10 bits per heavy atom. The first-order chi connectivity index (χ1) is 14.5. The molecule has 1 atom stereocenters. The van der Waals surface area contributed by atoms with Crippen LogP contribution in [-0.4, -0.2) is 29.0 Å². The zero-order valence-electron chi connectivity index (χ0n) is 17.2. The summed E-state index contributed by atoms with van der Waals surface area (Å²) in [6.45, 7) is 2.13. The number of hydrogen-bond acceptors (Lipinski definition) is 3. The number of nitrogens with one attached hydrogen (secondary N) is 2. The molecule has 0 aliphatic heterocycles. The van der Waals surface area contributed by atoms with Crippen LogP contribution >= 0.6 is 0 Å². The van der Waals surface area contributed by atoms with Crippen LogP contribution in [0.25, 0.3) is 43.6 Å². The molecule has 0 fully saturated rings. The van der Waals surface area contributed by atoms with E-state index in [9.17, 15) is 9.59 Å². The number of rotatable bonds is 3. The fourth-order valence-corrected chi connectivity index (χ4v) is 4.61. The van der Waals surface area contributed by atoms with E-state index in [1.807, 2.05) is 62.6 Å². The summed E-state index contributed by atoms with van der Waals surface area (Å²) in [6.07, 6.45) is 0.903. The maximum absolute atomic E-state index is 13.6. The highest BCUT2D eigenvalue weighted by Gasteiger charge is 2.18. The van der Waals surface area contributed by atoms with Gasteiger partial charge in [0.25, 0.3) is 0 Å². The van der Waals surface area contributed by atoms with Gasteiger partial charge in [0.15, 0.2) is 10.9 Å². The summed E-state index contributed by atoms with van der Waals surface area (Å²) in [6, 6.07) is 17.1. The molecule has 1 unspecified atom stereocenters. The van der Waals surface area contributed by atoms with Gasteiger partial charge in [0.1, 0.15) is 0 Å². The van der Waals surface area contributed by atoms with Crippen molar-refractivity contribution in [1.29, 1.82) is 0 Å². The molecular weight excluding hydrogens is 374 g/mol. The van der Waals surface area contributed by atoms with Crippen molar-refractivity contribution in [3.8, 4) is 0 Å². The van der Waals surface area contributed by atoms with Crippen LogP contribution < -0.4 is 10.9 Å². The first-order valence-corrected chi connectivity index (χ1v) is 10.2. The van der Waals surface area contributed by atoms with Crippen molar-refractivity contribution in [2.24, 2.45) is 0 Å². The van der Waals surface area contributed by atoms with E-state index in [1.54, 1.807) is 6.07 Å². The summed E-state index contributed by atoms with van der Waals surface area (Å²) in [7, 11) is 4.07. The van der Waals surface area contributed by atoms with Gasteiger partial charge in [-0.1, -0.05) is 31.2 Å². The molecular formula is C25H23N3O2. The van der Waals surface area contributed by atoms with Crippen molar-refractivity contribution < 1.29 is 0 Å². The normalized spacial score (nSPS) is 13.1. The largest absolute Gasteiger partial charge is 0.354 e. The van der Waals surface area contributed by atoms with Gasteiger partial charge >= 0.3 is 0 Å². The Kier molecular flexibility index (Phi) is 4.22. The predicted octanol–water partition coefficient (Wildman–Crippen LogP) is 4.69. The molecule has 2 heterocycles. The van der Waals surface area contributed by atoms with E-state index >= 15 is 0 Å². The van der Waals surface area contributed by atoms with E-state index in [0.717, 1.165) is 23.0 Å². The number of nitrogens with zero attached hydrogens (tertiary/aromatic N) is 1. The van der Waals surface area contributed by atoms with Crippen LogP contribution in [0.2, 0.25) is 0 Å². The van der Waals surface area contributed by atoms with Crippen molar-refractivity contribution in [3.05, 3.63) is 80.6 Å². The first-order valence-electron chi connectivity index (χ1n) is 10.2. The third kappa shape index (κ3) is 2.66. The first kappa shape index (κ1) is 18.6. The van der Waals surface area contributed by atoms with Crippen molar-refractivity contribution >= 4 is 43.6 Å². The zero-order chi connectivity index (χ0) is 21.0. The predicted molar refractivity (Wildman–Crippen MR) is 124 cm³/mol. The lowest BCUT2D eigenvalue weighted by Gasteiger charge is -2.24.